The summed E-state index contributed by atoms with van der Waals surface area (Å²) in [5, 5.41) is 9.77. The van der Waals surface area contributed by atoms with Crippen LogP contribution in [0, 0.1) is 0 Å². The van der Waals surface area contributed by atoms with E-state index in [9.17, 15) is 0 Å². The third-order valence-corrected chi connectivity index (χ3v) is 10.3. The topological polar surface area (TPSA) is 13.1 Å². The lowest BCUT2D eigenvalue weighted by Gasteiger charge is -2.18. The first-order valence-electron chi connectivity index (χ1n) is 16.4. The summed E-state index contributed by atoms with van der Waals surface area (Å²) in [6.45, 7) is 2.33. The summed E-state index contributed by atoms with van der Waals surface area (Å²) in [6.07, 6.45) is 2.39. The van der Waals surface area contributed by atoms with Gasteiger partial charge in [0, 0.05) is 16.7 Å². The summed E-state index contributed by atoms with van der Waals surface area (Å²) in [5.74, 6) is 0.365. The number of benzene rings is 8. The van der Waals surface area contributed by atoms with E-state index in [0.29, 0.717) is 5.92 Å². The zero-order valence-electron chi connectivity index (χ0n) is 26.0. The number of hydrogen-bond acceptors (Lipinski definition) is 1. The molecule has 0 amide bonds. The highest BCUT2D eigenvalue weighted by atomic mass is 16.3. The van der Waals surface area contributed by atoms with E-state index >= 15 is 0 Å². The van der Waals surface area contributed by atoms with Gasteiger partial charge in [0.1, 0.15) is 11.2 Å². The first-order valence-corrected chi connectivity index (χ1v) is 16.4. The monoisotopic (exact) mass is 598 g/mol. The molecule has 0 radical (unpaired) electrons. The summed E-state index contributed by atoms with van der Waals surface area (Å²) in [4.78, 5) is 0. The van der Waals surface area contributed by atoms with Crippen LogP contribution >= 0.6 is 0 Å². The van der Waals surface area contributed by atoms with Gasteiger partial charge in [0.25, 0.3) is 0 Å². The number of furan rings is 1. The largest absolute Gasteiger partial charge is 0.456 e. The van der Waals surface area contributed by atoms with E-state index in [-0.39, 0.29) is 0 Å². The van der Waals surface area contributed by atoms with Crippen LogP contribution in [-0.4, -0.2) is 0 Å². The molecule has 1 nitrogen and oxygen atoms in total. The molecule has 0 saturated carbocycles. The Bertz CT molecular complexity index is 2690. The first kappa shape index (κ1) is 26.3. The Hall–Kier alpha value is -5.92. The average molecular weight is 599 g/mol. The minimum absolute atomic E-state index is 0.365. The lowest BCUT2D eigenvalue weighted by atomic mass is 9.85. The van der Waals surface area contributed by atoms with Crippen molar-refractivity contribution in [2.24, 2.45) is 0 Å². The van der Waals surface area contributed by atoms with E-state index in [4.69, 9.17) is 4.42 Å². The summed E-state index contributed by atoms with van der Waals surface area (Å²) >= 11 is 0. The van der Waals surface area contributed by atoms with Crippen molar-refractivity contribution in [1.29, 1.82) is 0 Å². The van der Waals surface area contributed by atoms with Crippen molar-refractivity contribution in [2.75, 3.05) is 0 Å². The molecule has 1 atom stereocenters. The van der Waals surface area contributed by atoms with Crippen LogP contribution in [0.3, 0.4) is 0 Å². The molecule has 9 aromatic rings. The Morgan fingerprint density at radius 1 is 0.426 bits per heavy atom. The summed E-state index contributed by atoms with van der Waals surface area (Å²) < 4.78 is 6.38. The fourth-order valence-corrected chi connectivity index (χ4v) is 8.04. The van der Waals surface area contributed by atoms with Gasteiger partial charge in [-0.2, -0.15) is 0 Å². The smallest absolute Gasteiger partial charge is 0.136 e. The van der Waals surface area contributed by atoms with E-state index in [2.05, 4.69) is 165 Å². The molecule has 0 saturated heterocycles. The van der Waals surface area contributed by atoms with Crippen molar-refractivity contribution in [3.05, 3.63) is 168 Å². The van der Waals surface area contributed by atoms with Gasteiger partial charge in [0.05, 0.1) is 0 Å². The predicted octanol–water partition coefficient (Wildman–Crippen LogP) is 13.0. The highest BCUT2D eigenvalue weighted by molar-refractivity contribution is 6.22. The van der Waals surface area contributed by atoms with Gasteiger partial charge in [-0.3, -0.25) is 0 Å². The minimum Gasteiger partial charge on any atom is -0.456 e. The van der Waals surface area contributed by atoms with Crippen LogP contribution in [0.5, 0.6) is 0 Å². The van der Waals surface area contributed by atoms with Gasteiger partial charge in [-0.15, -0.1) is 0 Å². The highest BCUT2D eigenvalue weighted by Crippen LogP contribution is 2.47. The second kappa shape index (κ2) is 10.0. The van der Waals surface area contributed by atoms with Crippen molar-refractivity contribution in [2.45, 2.75) is 12.8 Å². The van der Waals surface area contributed by atoms with Gasteiger partial charge in [0.15, 0.2) is 0 Å². The number of hydrogen-bond donors (Lipinski definition) is 0. The molecule has 0 spiro atoms. The van der Waals surface area contributed by atoms with E-state index in [1.165, 1.54) is 76.8 Å². The molecular formula is C46H30O. The minimum atomic E-state index is 0.365. The Balaban J connectivity index is 1.20. The lowest BCUT2D eigenvalue weighted by Crippen LogP contribution is -1.94. The fourth-order valence-electron chi connectivity index (χ4n) is 8.04. The van der Waals surface area contributed by atoms with Crippen molar-refractivity contribution in [1.82, 2.24) is 0 Å². The molecule has 10 rings (SSSR count). The number of allylic oxidation sites excluding steroid dienone is 1. The quantitative estimate of drug-likeness (QED) is 0.184. The van der Waals surface area contributed by atoms with Gasteiger partial charge in [-0.05, 0) is 107 Å². The number of fused-ring (bicyclic) bond motifs is 7. The maximum absolute atomic E-state index is 6.38. The standard InChI is InChI=1S/C46H30O/c1-28-35-21-19-32(23-34(35)26-40(28)29-11-3-2-4-12-29)45-36-15-7-9-17-38(36)46(39-18-10-8-16-37(39)45)33-20-22-43-41(25-33)42-24-30-13-5-6-14-31(30)27-44(42)47-43/h2-28H,1H3. The number of rotatable bonds is 3. The van der Waals surface area contributed by atoms with Gasteiger partial charge in [0.2, 0.25) is 0 Å². The van der Waals surface area contributed by atoms with E-state index in [1.54, 1.807) is 0 Å². The van der Waals surface area contributed by atoms with Crippen LogP contribution in [-0.2, 0) is 0 Å². The maximum atomic E-state index is 6.38. The van der Waals surface area contributed by atoms with E-state index in [0.717, 1.165) is 21.9 Å². The van der Waals surface area contributed by atoms with Crippen molar-refractivity contribution >= 4 is 65.9 Å². The van der Waals surface area contributed by atoms with Crippen LogP contribution in [0.4, 0.5) is 0 Å². The zero-order chi connectivity index (χ0) is 31.1. The molecule has 0 aliphatic heterocycles. The van der Waals surface area contributed by atoms with E-state index in [1.807, 2.05) is 0 Å². The van der Waals surface area contributed by atoms with Gasteiger partial charge >= 0.3 is 0 Å². The Morgan fingerprint density at radius 2 is 0.979 bits per heavy atom. The Kier molecular flexibility index (Phi) is 5.62. The molecule has 8 aromatic carbocycles. The molecule has 1 aromatic heterocycles. The molecule has 220 valence electrons. The van der Waals surface area contributed by atoms with Crippen LogP contribution in [0.15, 0.2) is 156 Å². The van der Waals surface area contributed by atoms with Crippen molar-refractivity contribution < 1.29 is 4.42 Å². The van der Waals surface area contributed by atoms with Crippen LogP contribution in [0.1, 0.15) is 29.5 Å². The molecular weight excluding hydrogens is 569 g/mol. The van der Waals surface area contributed by atoms with Crippen molar-refractivity contribution in [3.8, 4) is 22.3 Å². The van der Waals surface area contributed by atoms with Gasteiger partial charge < -0.3 is 4.42 Å². The molecule has 1 heteroatoms. The fraction of sp³-hybridized carbons (Fsp3) is 0.0435. The SMILES string of the molecule is CC1C(c2ccccc2)=Cc2cc(-c3c4ccccc4c(-c4ccc5oc6cc7ccccc7cc6c5c4)c4ccccc34)ccc21. The van der Waals surface area contributed by atoms with Crippen LogP contribution in [0.25, 0.3) is 88.2 Å². The first-order chi connectivity index (χ1) is 23.2. The molecule has 1 heterocycles. The summed E-state index contributed by atoms with van der Waals surface area (Å²) in [7, 11) is 0. The van der Waals surface area contributed by atoms with E-state index < -0.39 is 0 Å². The Morgan fingerprint density at radius 3 is 1.66 bits per heavy atom. The summed E-state index contributed by atoms with van der Waals surface area (Å²) in [5.41, 5.74) is 12.2. The predicted molar refractivity (Wildman–Crippen MR) is 200 cm³/mol. The average Bonchev–Trinajstić information content (AvgIpc) is 3.65. The molecule has 1 aliphatic carbocycles. The van der Waals surface area contributed by atoms with Crippen LogP contribution < -0.4 is 0 Å². The molecule has 0 fully saturated rings. The van der Waals surface area contributed by atoms with Crippen molar-refractivity contribution in [3.63, 3.8) is 0 Å². The third kappa shape index (κ3) is 3.96. The molecule has 47 heavy (non-hydrogen) atoms. The molecule has 0 N–H and O–H groups in total. The molecule has 1 aliphatic rings. The van der Waals surface area contributed by atoms with Gasteiger partial charge in [-0.1, -0.05) is 134 Å². The maximum Gasteiger partial charge on any atom is 0.136 e. The van der Waals surface area contributed by atoms with Gasteiger partial charge in [-0.25, -0.2) is 0 Å². The normalized spacial score (nSPS) is 14.4. The molecule has 0 bridgehead atoms. The second-order valence-corrected chi connectivity index (χ2v) is 12.9. The highest BCUT2D eigenvalue weighted by Gasteiger charge is 2.24. The summed E-state index contributed by atoms with van der Waals surface area (Å²) in [6, 6.07) is 55.4. The second-order valence-electron chi connectivity index (χ2n) is 12.9. The molecule has 1 unspecified atom stereocenters. The van der Waals surface area contributed by atoms with Crippen LogP contribution in [0.2, 0.25) is 0 Å². The third-order valence-electron chi connectivity index (χ3n) is 10.3. The zero-order valence-corrected chi connectivity index (χ0v) is 26.0. The Labute approximate surface area is 273 Å². The lowest BCUT2D eigenvalue weighted by molar-refractivity contribution is 0.669.